The summed E-state index contributed by atoms with van der Waals surface area (Å²) >= 11 is 0. The number of hydrogen-bond acceptors (Lipinski definition) is 8. The zero-order chi connectivity index (χ0) is 45.1. The Morgan fingerprint density at radius 2 is 1.38 bits per heavy atom. The normalized spacial score (nSPS) is 13.7. The minimum atomic E-state index is -1.22. The molecule has 0 aliphatic rings. The molecule has 14 heteroatoms. The lowest BCUT2D eigenvalue weighted by Gasteiger charge is -2.27. The van der Waals surface area contributed by atoms with Gasteiger partial charge in [0.25, 0.3) is 5.91 Å². The summed E-state index contributed by atoms with van der Waals surface area (Å²) in [6.07, 6.45) is 6.98. The third-order valence-corrected chi connectivity index (χ3v) is 8.71. The summed E-state index contributed by atoms with van der Waals surface area (Å²) in [6.45, 7) is 21.3. The number of nitrogens with zero attached hydrogens (tertiary/aromatic N) is 2. The Kier molecular flexibility index (Phi) is 28.6. The molecule has 0 saturated carbocycles. The first-order chi connectivity index (χ1) is 27.0. The number of carbonyl (C=O) groups excluding carboxylic acids is 6. The standard InChI is InChI=1S/C33H55N5O9.C7H8.C4H10/c1-11-20(3)16-21(4)14-13-15-23(6)33(46)47-19-27(40)34-24(7)31(43)38(10)18-28(41)37(9)17-26(39)36-29(22(5)12-2)30(42)35-25(8)32(44)45;1-7-5-3-2-4-6-7;1-4(2)3/h11,15,21-22,24-25,29H,12-14,16-19H2,1-10H3,(H,34,40)(H,35,42)(H,36,39)(H,44,45);2-6H,1H3;4H,1-3H3/b20-11+,23-15+;;/t21?,22?,24?,25-,29?;;/m1../s1. The smallest absolute Gasteiger partial charge is 0.333 e. The highest BCUT2D eigenvalue weighted by Gasteiger charge is 2.29. The molecule has 0 saturated heterocycles. The summed E-state index contributed by atoms with van der Waals surface area (Å²) in [6, 6.07) is 7.06. The number of rotatable bonds is 20. The zero-order valence-electron chi connectivity index (χ0n) is 37.6. The van der Waals surface area contributed by atoms with E-state index in [1.165, 1.54) is 39.1 Å². The molecule has 0 fully saturated rings. The van der Waals surface area contributed by atoms with Crippen molar-refractivity contribution < 1.29 is 43.4 Å². The molecule has 1 rings (SSSR count). The molecular weight excluding hydrogens is 743 g/mol. The van der Waals surface area contributed by atoms with Gasteiger partial charge in [-0.2, -0.15) is 0 Å². The van der Waals surface area contributed by atoms with E-state index in [-0.39, 0.29) is 5.92 Å². The van der Waals surface area contributed by atoms with Gasteiger partial charge in [-0.15, -0.1) is 0 Å². The van der Waals surface area contributed by atoms with Crippen LogP contribution in [0.5, 0.6) is 0 Å². The molecule has 4 N–H and O–H groups in total. The number of carbonyl (C=O) groups is 7. The van der Waals surface area contributed by atoms with E-state index in [9.17, 15) is 33.6 Å². The second-order valence-electron chi connectivity index (χ2n) is 15.6. The Hall–Kier alpha value is -5.01. The Bertz CT molecular complexity index is 1510. The van der Waals surface area contributed by atoms with Crippen LogP contribution in [-0.4, -0.2) is 108 Å². The van der Waals surface area contributed by atoms with E-state index in [1.807, 2.05) is 32.0 Å². The van der Waals surface area contributed by atoms with Gasteiger partial charge in [-0.25, -0.2) is 4.79 Å². The second-order valence-corrected chi connectivity index (χ2v) is 15.6. The van der Waals surface area contributed by atoms with Crippen LogP contribution < -0.4 is 16.0 Å². The van der Waals surface area contributed by atoms with Crippen molar-refractivity contribution in [1.82, 2.24) is 25.8 Å². The summed E-state index contributed by atoms with van der Waals surface area (Å²) < 4.78 is 5.07. The van der Waals surface area contributed by atoms with Gasteiger partial charge in [-0.05, 0) is 78.6 Å². The first-order valence-electron chi connectivity index (χ1n) is 20.0. The Balaban J connectivity index is 0. The van der Waals surface area contributed by atoms with Crippen LogP contribution in [0, 0.1) is 24.7 Å². The summed E-state index contributed by atoms with van der Waals surface area (Å²) in [4.78, 5) is 88.7. The molecule has 0 bridgehead atoms. The fourth-order valence-corrected chi connectivity index (χ4v) is 4.88. The average molecular weight is 816 g/mol. The van der Waals surface area contributed by atoms with Crippen molar-refractivity contribution in [2.75, 3.05) is 33.8 Å². The summed E-state index contributed by atoms with van der Waals surface area (Å²) in [5.41, 5.74) is 3.02. The van der Waals surface area contributed by atoms with Gasteiger partial charge in [0.1, 0.15) is 18.1 Å². The van der Waals surface area contributed by atoms with Crippen LogP contribution in [0.1, 0.15) is 107 Å². The molecule has 0 spiro atoms. The molecule has 0 radical (unpaired) electrons. The summed E-state index contributed by atoms with van der Waals surface area (Å²) in [7, 11) is 2.71. The lowest BCUT2D eigenvalue weighted by molar-refractivity contribution is -0.146. The first kappa shape index (κ1) is 55.1. The van der Waals surface area contributed by atoms with Crippen molar-refractivity contribution in [2.24, 2.45) is 17.8 Å². The molecular formula is C44H73N5O9. The molecule has 4 unspecified atom stereocenters. The molecule has 328 valence electrons. The monoisotopic (exact) mass is 816 g/mol. The molecule has 58 heavy (non-hydrogen) atoms. The average Bonchev–Trinajstić information content (AvgIpc) is 3.15. The van der Waals surface area contributed by atoms with Gasteiger partial charge in [0.15, 0.2) is 6.61 Å². The number of likely N-dealkylation sites (N-methyl/N-ethyl adjacent to an activating group) is 2. The lowest BCUT2D eigenvalue weighted by Crippen LogP contribution is -2.55. The van der Waals surface area contributed by atoms with Gasteiger partial charge in [-0.1, -0.05) is 102 Å². The van der Waals surface area contributed by atoms with Crippen molar-refractivity contribution in [3.8, 4) is 0 Å². The summed E-state index contributed by atoms with van der Waals surface area (Å²) in [5, 5.41) is 16.4. The number of esters is 1. The number of aliphatic carboxylic acids is 1. The van der Waals surface area contributed by atoms with E-state index < -0.39 is 79.3 Å². The van der Waals surface area contributed by atoms with Crippen LogP contribution in [0.4, 0.5) is 0 Å². The molecule has 1 aromatic rings. The minimum Gasteiger partial charge on any atom is -0.480 e. The highest BCUT2D eigenvalue weighted by molar-refractivity contribution is 5.94. The van der Waals surface area contributed by atoms with E-state index >= 15 is 0 Å². The van der Waals surface area contributed by atoms with Gasteiger partial charge in [0, 0.05) is 19.7 Å². The SMILES string of the molecule is C/C=C(\C)CC(C)CC/C=C(\C)C(=O)OCC(=O)NC(C)C(=O)N(C)CC(=O)N(C)CC(=O)NC(C(=O)N[C@H](C)C(=O)O)C(C)CC.CC(C)C.Cc1ccccc1. The molecule has 5 amide bonds. The maximum absolute atomic E-state index is 12.8. The Labute approximate surface area is 347 Å². The van der Waals surface area contributed by atoms with Crippen LogP contribution in [0.2, 0.25) is 0 Å². The topological polar surface area (TPSA) is 192 Å². The van der Waals surface area contributed by atoms with E-state index in [0.717, 1.165) is 28.6 Å². The second kappa shape index (κ2) is 30.1. The van der Waals surface area contributed by atoms with E-state index in [1.54, 1.807) is 19.9 Å². The van der Waals surface area contributed by atoms with Crippen molar-refractivity contribution in [1.29, 1.82) is 0 Å². The predicted octanol–water partition coefficient (Wildman–Crippen LogP) is 5.45. The number of ether oxygens (including phenoxy) is 1. The maximum atomic E-state index is 12.8. The van der Waals surface area contributed by atoms with Gasteiger partial charge >= 0.3 is 11.9 Å². The van der Waals surface area contributed by atoms with Gasteiger partial charge in [0.2, 0.25) is 23.6 Å². The highest BCUT2D eigenvalue weighted by Crippen LogP contribution is 2.17. The first-order valence-corrected chi connectivity index (χ1v) is 20.0. The predicted molar refractivity (Wildman–Crippen MR) is 228 cm³/mol. The Morgan fingerprint density at radius 3 is 1.86 bits per heavy atom. The number of carboxylic acids is 1. The molecule has 0 aliphatic heterocycles. The van der Waals surface area contributed by atoms with Crippen molar-refractivity contribution >= 4 is 41.5 Å². The number of carboxylic acid groups (broad SMARTS) is 1. The van der Waals surface area contributed by atoms with Gasteiger partial charge in [-0.3, -0.25) is 28.8 Å². The number of aryl methyl sites for hydroxylation is 1. The lowest BCUT2D eigenvalue weighted by atomic mass is 9.97. The molecule has 14 nitrogen and oxygen atoms in total. The maximum Gasteiger partial charge on any atom is 0.333 e. The Morgan fingerprint density at radius 1 is 0.810 bits per heavy atom. The number of hydrogen-bond donors (Lipinski definition) is 4. The van der Waals surface area contributed by atoms with Crippen molar-refractivity contribution in [2.45, 2.75) is 127 Å². The number of nitrogens with one attached hydrogen (secondary N) is 3. The van der Waals surface area contributed by atoms with E-state index in [0.29, 0.717) is 24.3 Å². The molecule has 0 heterocycles. The van der Waals surface area contributed by atoms with Crippen LogP contribution in [-0.2, 0) is 38.3 Å². The van der Waals surface area contributed by atoms with Crippen LogP contribution in [0.3, 0.4) is 0 Å². The fraction of sp³-hybridized carbons (Fsp3) is 0.614. The number of benzene rings is 1. The quantitative estimate of drug-likeness (QED) is 0.0754. The van der Waals surface area contributed by atoms with Crippen LogP contribution in [0.15, 0.2) is 53.6 Å². The third kappa shape index (κ3) is 26.0. The van der Waals surface area contributed by atoms with Gasteiger partial charge < -0.3 is 35.6 Å². The minimum absolute atomic E-state index is 0.318. The fourth-order valence-electron chi connectivity index (χ4n) is 4.88. The number of allylic oxidation sites excluding steroid dienone is 3. The van der Waals surface area contributed by atoms with Crippen molar-refractivity contribution in [3.63, 3.8) is 0 Å². The van der Waals surface area contributed by atoms with E-state index in [4.69, 9.17) is 9.84 Å². The largest absolute Gasteiger partial charge is 0.480 e. The molecule has 0 aliphatic carbocycles. The summed E-state index contributed by atoms with van der Waals surface area (Å²) in [5.74, 6) is -4.03. The number of amides is 5. The zero-order valence-corrected chi connectivity index (χ0v) is 37.6. The van der Waals surface area contributed by atoms with E-state index in [2.05, 4.69) is 75.7 Å². The van der Waals surface area contributed by atoms with Gasteiger partial charge in [0.05, 0.1) is 13.1 Å². The molecule has 5 atom stereocenters. The molecule has 0 aromatic heterocycles. The van der Waals surface area contributed by atoms with Crippen molar-refractivity contribution in [3.05, 3.63) is 59.2 Å². The van der Waals surface area contributed by atoms with Crippen LogP contribution in [0.25, 0.3) is 0 Å². The highest BCUT2D eigenvalue weighted by atomic mass is 16.5. The van der Waals surface area contributed by atoms with Crippen LogP contribution >= 0.6 is 0 Å². The third-order valence-electron chi connectivity index (χ3n) is 8.71. The molecule has 1 aromatic carbocycles.